The number of nitrogens with two attached hydrogens (primary N) is 1. The number of thioether (sulfide) groups is 1. The number of amidine groups is 1. The molecule has 4 N–H and O–H groups in total. The van der Waals surface area contributed by atoms with E-state index in [0.29, 0.717) is 9.09 Å². The number of hydrogen-bond acceptors (Lipinski definition) is 7. The molecule has 0 aliphatic rings. The molecule has 196 valence electrons. The van der Waals surface area contributed by atoms with Gasteiger partial charge in [0.1, 0.15) is 5.84 Å². The summed E-state index contributed by atoms with van der Waals surface area (Å²) in [7, 11) is -1.98. The maximum Gasteiger partial charge on any atom is 0.490 e. The highest BCUT2D eigenvalue weighted by Gasteiger charge is 2.38. The monoisotopic (exact) mass is 570 g/mol. The van der Waals surface area contributed by atoms with Crippen molar-refractivity contribution in [3.8, 4) is 11.1 Å². The number of carbonyl (C=O) groups is 1. The summed E-state index contributed by atoms with van der Waals surface area (Å²) in [4.78, 5) is 14.2. The number of nitrogens with one attached hydrogen (secondary N) is 1. The van der Waals surface area contributed by atoms with Crippen molar-refractivity contribution in [2.24, 2.45) is 12.8 Å². The molecule has 0 unspecified atom stereocenters. The highest BCUT2D eigenvalue weighted by molar-refractivity contribution is 8.01. The van der Waals surface area contributed by atoms with E-state index in [1.807, 2.05) is 49.1 Å². The zero-order valence-electron chi connectivity index (χ0n) is 19.6. The second kappa shape index (κ2) is 10.6. The lowest BCUT2D eigenvalue weighted by Gasteiger charge is -2.11. The lowest BCUT2D eigenvalue weighted by atomic mass is 9.99. The van der Waals surface area contributed by atoms with Gasteiger partial charge in [-0.3, -0.25) is 5.41 Å². The number of sulfone groups is 1. The molecule has 14 heteroatoms. The number of alkyl halides is 3. The van der Waals surface area contributed by atoms with Gasteiger partial charge in [0.15, 0.2) is 0 Å². The van der Waals surface area contributed by atoms with Crippen LogP contribution in [0.25, 0.3) is 22.2 Å². The fraction of sp³-hybridized carbons (Fsp3) is 0.174. The van der Waals surface area contributed by atoms with Gasteiger partial charge < -0.3 is 15.4 Å². The molecule has 0 saturated carbocycles. The first kappa shape index (κ1) is 28.2. The number of rotatable bonds is 5. The summed E-state index contributed by atoms with van der Waals surface area (Å²) in [5.74, 6) is -2.90. The number of aryl methyl sites for hydroxylation is 2. The van der Waals surface area contributed by atoms with E-state index < -0.39 is 22.0 Å². The number of carboxylic acids is 1. The second-order valence-corrected chi connectivity index (χ2v) is 11.7. The molecule has 0 amide bonds. The molecule has 0 aliphatic heterocycles. The molecule has 0 aliphatic carbocycles. The number of aromatic nitrogens is 2. The Morgan fingerprint density at radius 3 is 2.35 bits per heavy atom. The van der Waals surface area contributed by atoms with Gasteiger partial charge in [0.05, 0.1) is 36.2 Å². The Morgan fingerprint density at radius 1 is 1.19 bits per heavy atom. The van der Waals surface area contributed by atoms with E-state index in [4.69, 9.17) is 21.0 Å². The van der Waals surface area contributed by atoms with Gasteiger partial charge in [-0.15, -0.1) is 23.1 Å². The van der Waals surface area contributed by atoms with E-state index in [-0.39, 0.29) is 15.6 Å². The van der Waals surface area contributed by atoms with Crippen molar-refractivity contribution in [2.75, 3.05) is 6.26 Å². The summed E-state index contributed by atoms with van der Waals surface area (Å²) in [5.41, 5.74) is 9.86. The zero-order chi connectivity index (χ0) is 27.7. The SMILES string of the molecule is CSc1sc(C(=N)N)cc1S(=O)(=O)c1cc(-c2ccccc2C)c2ncn(C)c2c1.O=C(O)C(F)(F)F. The molecule has 0 atom stereocenters. The van der Waals surface area contributed by atoms with E-state index in [1.54, 1.807) is 18.5 Å². The standard InChI is InChI=1S/C21H20N4O2S3.C2HF3O2/c1-12-6-4-5-7-14(12)15-8-13(9-16-19(15)24-11-25(16)2)30(26,27)18-10-17(20(22)23)29-21(18)28-3;3-2(4,5)1(6)7/h4-11H,1-3H3,(H3,22,23);(H,6,7). The summed E-state index contributed by atoms with van der Waals surface area (Å²) in [6, 6.07) is 12.7. The second-order valence-electron chi connectivity index (χ2n) is 7.70. The Balaban J connectivity index is 0.000000479. The molecule has 0 saturated heterocycles. The minimum Gasteiger partial charge on any atom is -0.475 e. The zero-order valence-corrected chi connectivity index (χ0v) is 22.1. The Kier molecular flexibility index (Phi) is 8.05. The topological polar surface area (TPSA) is 139 Å². The van der Waals surface area contributed by atoms with Gasteiger partial charge >= 0.3 is 12.1 Å². The van der Waals surface area contributed by atoms with Crippen LogP contribution in [-0.2, 0) is 21.7 Å². The van der Waals surface area contributed by atoms with E-state index in [0.717, 1.165) is 27.7 Å². The quantitative estimate of drug-likeness (QED) is 0.173. The molecular formula is C23H21F3N4O4S3. The lowest BCUT2D eigenvalue weighted by Crippen LogP contribution is -2.21. The van der Waals surface area contributed by atoms with E-state index in [1.165, 1.54) is 29.2 Å². The number of thiophene rings is 1. The van der Waals surface area contributed by atoms with E-state index in [2.05, 4.69) is 4.98 Å². The van der Waals surface area contributed by atoms with Crippen LogP contribution in [0.4, 0.5) is 13.2 Å². The summed E-state index contributed by atoms with van der Waals surface area (Å²) >= 11 is 2.55. The number of halogens is 3. The smallest absolute Gasteiger partial charge is 0.475 e. The van der Waals surface area contributed by atoms with Gasteiger partial charge in [0, 0.05) is 12.6 Å². The van der Waals surface area contributed by atoms with Crippen LogP contribution < -0.4 is 5.73 Å². The van der Waals surface area contributed by atoms with Crippen molar-refractivity contribution < 1.29 is 31.5 Å². The molecule has 4 aromatic rings. The molecular weight excluding hydrogens is 549 g/mol. The predicted molar refractivity (Wildman–Crippen MR) is 137 cm³/mol. The average Bonchev–Trinajstić information content (AvgIpc) is 3.43. The van der Waals surface area contributed by atoms with Gasteiger partial charge in [0.25, 0.3) is 0 Å². The Labute approximate surface area is 218 Å². The number of imidazole rings is 1. The van der Waals surface area contributed by atoms with Gasteiger partial charge in [-0.25, -0.2) is 18.2 Å². The van der Waals surface area contributed by atoms with Crippen LogP contribution in [0.3, 0.4) is 0 Å². The van der Waals surface area contributed by atoms with Crippen molar-refractivity contribution in [1.82, 2.24) is 9.55 Å². The molecule has 0 fully saturated rings. The van der Waals surface area contributed by atoms with Crippen LogP contribution in [0.1, 0.15) is 10.4 Å². The molecule has 2 aromatic heterocycles. The number of nitrogens with zero attached hydrogens (tertiary/aromatic N) is 2. The van der Waals surface area contributed by atoms with Crippen LogP contribution in [0.2, 0.25) is 0 Å². The maximum absolute atomic E-state index is 13.6. The highest BCUT2D eigenvalue weighted by atomic mass is 32.2. The Morgan fingerprint density at radius 2 is 1.81 bits per heavy atom. The first-order chi connectivity index (χ1) is 17.2. The predicted octanol–water partition coefficient (Wildman–Crippen LogP) is 5.08. The van der Waals surface area contributed by atoms with Crippen LogP contribution in [0.15, 0.2) is 62.8 Å². The minimum absolute atomic E-state index is 0.139. The third kappa shape index (κ3) is 5.81. The van der Waals surface area contributed by atoms with E-state index in [9.17, 15) is 21.6 Å². The number of hydrogen-bond donors (Lipinski definition) is 3. The number of aliphatic carboxylic acids is 1. The summed E-state index contributed by atoms with van der Waals surface area (Å²) < 4.78 is 61.5. The molecule has 8 nitrogen and oxygen atoms in total. The molecule has 37 heavy (non-hydrogen) atoms. The first-order valence-electron chi connectivity index (χ1n) is 10.3. The molecule has 4 rings (SSSR count). The lowest BCUT2D eigenvalue weighted by molar-refractivity contribution is -0.192. The number of benzene rings is 2. The van der Waals surface area contributed by atoms with Crippen molar-refractivity contribution in [3.05, 3.63) is 59.2 Å². The maximum atomic E-state index is 13.6. The number of nitrogen functional groups attached to an aromatic ring is 1. The summed E-state index contributed by atoms with van der Waals surface area (Å²) in [5, 5.41) is 14.8. The Bertz CT molecular complexity index is 1610. The molecule has 2 aromatic carbocycles. The molecule has 0 bridgehead atoms. The first-order valence-corrected chi connectivity index (χ1v) is 13.8. The Hall–Kier alpha value is -3.36. The van der Waals surface area contributed by atoms with Crippen LogP contribution in [-0.4, -0.2) is 47.3 Å². The average molecular weight is 571 g/mol. The van der Waals surface area contributed by atoms with Gasteiger partial charge in [-0.1, -0.05) is 24.3 Å². The van der Waals surface area contributed by atoms with Crippen molar-refractivity contribution in [2.45, 2.75) is 27.1 Å². The normalized spacial score (nSPS) is 11.7. The minimum atomic E-state index is -5.08. The fourth-order valence-electron chi connectivity index (χ4n) is 3.39. The summed E-state index contributed by atoms with van der Waals surface area (Å²) in [6.07, 6.45) is -1.58. The van der Waals surface area contributed by atoms with Crippen LogP contribution in [0.5, 0.6) is 0 Å². The summed E-state index contributed by atoms with van der Waals surface area (Å²) in [6.45, 7) is 2.00. The third-order valence-electron chi connectivity index (χ3n) is 5.20. The largest absolute Gasteiger partial charge is 0.490 e. The van der Waals surface area contributed by atoms with Gasteiger partial charge in [-0.05, 0) is 42.5 Å². The van der Waals surface area contributed by atoms with Crippen LogP contribution in [0, 0.1) is 12.3 Å². The van der Waals surface area contributed by atoms with Crippen molar-refractivity contribution in [1.29, 1.82) is 5.41 Å². The van der Waals surface area contributed by atoms with Gasteiger partial charge in [0.2, 0.25) is 9.84 Å². The highest BCUT2D eigenvalue weighted by Crippen LogP contribution is 2.39. The number of carboxylic acid groups (broad SMARTS) is 1. The fourth-order valence-corrected chi connectivity index (χ4v) is 7.29. The van der Waals surface area contributed by atoms with Crippen molar-refractivity contribution >= 4 is 55.8 Å². The molecule has 0 radical (unpaired) electrons. The molecule has 2 heterocycles. The van der Waals surface area contributed by atoms with E-state index >= 15 is 0 Å². The molecule has 0 spiro atoms. The van der Waals surface area contributed by atoms with Crippen molar-refractivity contribution in [3.63, 3.8) is 0 Å². The third-order valence-corrected chi connectivity index (χ3v) is 9.52. The number of fused-ring (bicyclic) bond motifs is 1. The van der Waals surface area contributed by atoms with Gasteiger partial charge in [-0.2, -0.15) is 13.2 Å². The van der Waals surface area contributed by atoms with Crippen LogP contribution >= 0.6 is 23.1 Å².